The van der Waals surface area contributed by atoms with Crippen molar-refractivity contribution in [3.05, 3.63) is 56.2 Å². The maximum absolute atomic E-state index is 10.8. The molecule has 1 N–H and O–H groups in total. The Bertz CT molecular complexity index is 563. The molecule has 0 radical (unpaired) electrons. The molecular formula is C15H15BrOS. The van der Waals surface area contributed by atoms with Gasteiger partial charge in [-0.1, -0.05) is 24.3 Å². The third kappa shape index (κ3) is 2.40. The van der Waals surface area contributed by atoms with Gasteiger partial charge in [0.15, 0.2) is 0 Å². The van der Waals surface area contributed by atoms with Gasteiger partial charge in [0.2, 0.25) is 0 Å². The minimum Gasteiger partial charge on any atom is -0.389 e. The summed E-state index contributed by atoms with van der Waals surface area (Å²) in [5.41, 5.74) is 2.12. The second kappa shape index (κ2) is 4.80. The molecule has 0 saturated carbocycles. The van der Waals surface area contributed by atoms with E-state index in [4.69, 9.17) is 0 Å². The molecule has 18 heavy (non-hydrogen) atoms. The predicted molar refractivity (Wildman–Crippen MR) is 79.1 cm³/mol. The fourth-order valence-electron chi connectivity index (χ4n) is 2.69. The summed E-state index contributed by atoms with van der Waals surface area (Å²) in [4.78, 5) is 1.25. The molecule has 0 amide bonds. The lowest BCUT2D eigenvalue weighted by Crippen LogP contribution is -2.37. The van der Waals surface area contributed by atoms with Crippen molar-refractivity contribution >= 4 is 27.3 Å². The van der Waals surface area contributed by atoms with Gasteiger partial charge in [-0.3, -0.25) is 0 Å². The summed E-state index contributed by atoms with van der Waals surface area (Å²) >= 11 is 5.26. The number of hydrogen-bond acceptors (Lipinski definition) is 2. The van der Waals surface area contributed by atoms with Gasteiger partial charge in [-0.25, -0.2) is 0 Å². The molecule has 1 aliphatic rings. The average Bonchev–Trinajstić information content (AvgIpc) is 2.74. The van der Waals surface area contributed by atoms with Crippen LogP contribution >= 0.6 is 27.3 Å². The zero-order chi connectivity index (χ0) is 12.6. The van der Waals surface area contributed by atoms with E-state index in [9.17, 15) is 5.11 Å². The zero-order valence-corrected chi connectivity index (χ0v) is 12.4. The quantitative estimate of drug-likeness (QED) is 0.886. The lowest BCUT2D eigenvalue weighted by atomic mass is 9.78. The van der Waals surface area contributed by atoms with E-state index in [0.717, 1.165) is 30.2 Å². The van der Waals surface area contributed by atoms with E-state index in [1.54, 1.807) is 11.3 Å². The minimum absolute atomic E-state index is 0.582. The molecule has 0 spiro atoms. The Labute approximate surface area is 120 Å². The normalized spacial score (nSPS) is 22.8. The standard InChI is InChI=1S/C15H15BrOS/c16-13-6-8-18-14(13)10-15(17)7-5-11-3-1-2-4-12(11)9-15/h1-4,6,8,17H,5,7,9-10H2. The molecule has 1 unspecified atom stereocenters. The van der Waals surface area contributed by atoms with Crippen molar-refractivity contribution < 1.29 is 5.11 Å². The van der Waals surface area contributed by atoms with Crippen molar-refractivity contribution in [2.24, 2.45) is 0 Å². The molecule has 1 heterocycles. The number of benzene rings is 1. The van der Waals surface area contributed by atoms with Crippen molar-refractivity contribution in [2.45, 2.75) is 31.3 Å². The van der Waals surface area contributed by atoms with Crippen molar-refractivity contribution in [3.63, 3.8) is 0 Å². The fraction of sp³-hybridized carbons (Fsp3) is 0.333. The molecule has 1 aromatic heterocycles. The largest absolute Gasteiger partial charge is 0.389 e. The molecule has 0 aliphatic heterocycles. The highest BCUT2D eigenvalue weighted by Gasteiger charge is 2.32. The molecule has 0 fully saturated rings. The van der Waals surface area contributed by atoms with Crippen LogP contribution in [-0.2, 0) is 19.3 Å². The van der Waals surface area contributed by atoms with Crippen LogP contribution in [-0.4, -0.2) is 10.7 Å². The second-order valence-electron chi connectivity index (χ2n) is 5.04. The van der Waals surface area contributed by atoms with E-state index in [1.807, 2.05) is 0 Å². The SMILES string of the molecule is OC1(Cc2sccc2Br)CCc2ccccc2C1. The van der Waals surface area contributed by atoms with Crippen LogP contribution in [0.3, 0.4) is 0 Å². The van der Waals surface area contributed by atoms with Gasteiger partial charge in [-0.05, 0) is 51.3 Å². The highest BCUT2D eigenvalue weighted by atomic mass is 79.9. The van der Waals surface area contributed by atoms with Crippen LogP contribution in [0.4, 0.5) is 0 Å². The monoisotopic (exact) mass is 322 g/mol. The van der Waals surface area contributed by atoms with Gasteiger partial charge in [-0.2, -0.15) is 0 Å². The first-order valence-corrected chi connectivity index (χ1v) is 7.85. The van der Waals surface area contributed by atoms with E-state index in [2.05, 4.69) is 51.6 Å². The molecule has 0 saturated heterocycles. The van der Waals surface area contributed by atoms with E-state index >= 15 is 0 Å². The molecule has 3 heteroatoms. The molecule has 1 nitrogen and oxygen atoms in total. The van der Waals surface area contributed by atoms with Gasteiger partial charge in [0.1, 0.15) is 0 Å². The molecule has 1 aromatic carbocycles. The summed E-state index contributed by atoms with van der Waals surface area (Å²) < 4.78 is 1.12. The van der Waals surface area contributed by atoms with E-state index in [0.29, 0.717) is 0 Å². The van der Waals surface area contributed by atoms with E-state index in [1.165, 1.54) is 16.0 Å². The summed E-state index contributed by atoms with van der Waals surface area (Å²) in [6.07, 6.45) is 3.36. The summed E-state index contributed by atoms with van der Waals surface area (Å²) in [5, 5.41) is 12.9. The van der Waals surface area contributed by atoms with Crippen LogP contribution in [0.2, 0.25) is 0 Å². The Balaban J connectivity index is 1.84. The van der Waals surface area contributed by atoms with E-state index < -0.39 is 5.60 Å². The lowest BCUT2D eigenvalue weighted by Gasteiger charge is -2.33. The highest BCUT2D eigenvalue weighted by Crippen LogP contribution is 2.34. The fourth-order valence-corrected chi connectivity index (χ4v) is 4.31. The Morgan fingerprint density at radius 1 is 1.22 bits per heavy atom. The third-order valence-electron chi connectivity index (χ3n) is 3.68. The van der Waals surface area contributed by atoms with Crippen molar-refractivity contribution in [2.75, 3.05) is 0 Å². The number of aliphatic hydroxyl groups is 1. The summed E-state index contributed by atoms with van der Waals surface area (Å²) in [6, 6.07) is 10.5. The van der Waals surface area contributed by atoms with Crippen molar-refractivity contribution in [1.29, 1.82) is 0 Å². The lowest BCUT2D eigenvalue weighted by molar-refractivity contribution is 0.0273. The molecule has 94 valence electrons. The van der Waals surface area contributed by atoms with Gasteiger partial charge in [0, 0.05) is 22.2 Å². The van der Waals surface area contributed by atoms with Gasteiger partial charge >= 0.3 is 0 Å². The summed E-state index contributed by atoms with van der Waals surface area (Å²) in [7, 11) is 0. The van der Waals surface area contributed by atoms with Crippen LogP contribution in [0.25, 0.3) is 0 Å². The first-order chi connectivity index (χ1) is 8.66. The first-order valence-electron chi connectivity index (χ1n) is 6.17. The van der Waals surface area contributed by atoms with Crippen LogP contribution in [0.5, 0.6) is 0 Å². The Hall–Kier alpha value is -0.640. The Morgan fingerprint density at radius 2 is 2.00 bits per heavy atom. The second-order valence-corrected chi connectivity index (χ2v) is 6.89. The Morgan fingerprint density at radius 3 is 2.72 bits per heavy atom. The molecule has 2 aromatic rings. The van der Waals surface area contributed by atoms with Gasteiger partial charge in [0.05, 0.1) is 5.60 Å². The third-order valence-corrected chi connectivity index (χ3v) is 5.60. The van der Waals surface area contributed by atoms with Crippen LogP contribution < -0.4 is 0 Å². The number of hydrogen-bond donors (Lipinski definition) is 1. The highest BCUT2D eigenvalue weighted by molar-refractivity contribution is 9.10. The predicted octanol–water partition coefficient (Wildman–Crippen LogP) is 3.97. The van der Waals surface area contributed by atoms with E-state index in [-0.39, 0.29) is 0 Å². The van der Waals surface area contributed by atoms with Crippen LogP contribution in [0.15, 0.2) is 40.2 Å². The number of rotatable bonds is 2. The topological polar surface area (TPSA) is 20.2 Å². The molecular weight excluding hydrogens is 308 g/mol. The summed E-state index contributed by atoms with van der Waals surface area (Å²) in [5.74, 6) is 0. The van der Waals surface area contributed by atoms with Gasteiger partial charge in [-0.15, -0.1) is 11.3 Å². The maximum atomic E-state index is 10.8. The number of aryl methyl sites for hydroxylation is 1. The smallest absolute Gasteiger partial charge is 0.0739 e. The molecule has 3 rings (SSSR count). The minimum atomic E-state index is -0.582. The van der Waals surface area contributed by atoms with Crippen LogP contribution in [0.1, 0.15) is 22.4 Å². The summed E-state index contributed by atoms with van der Waals surface area (Å²) in [6.45, 7) is 0. The average molecular weight is 323 g/mol. The van der Waals surface area contributed by atoms with Crippen molar-refractivity contribution in [3.8, 4) is 0 Å². The van der Waals surface area contributed by atoms with Gasteiger partial charge < -0.3 is 5.11 Å². The number of thiophene rings is 1. The molecule has 1 aliphatic carbocycles. The first kappa shape index (κ1) is 12.4. The maximum Gasteiger partial charge on any atom is 0.0739 e. The molecule has 0 bridgehead atoms. The van der Waals surface area contributed by atoms with Gasteiger partial charge in [0.25, 0.3) is 0 Å². The number of fused-ring (bicyclic) bond motifs is 1. The van der Waals surface area contributed by atoms with Crippen molar-refractivity contribution in [1.82, 2.24) is 0 Å². The zero-order valence-electron chi connectivity index (χ0n) is 10.0. The number of halogens is 1. The Kier molecular flexibility index (Phi) is 3.31. The molecule has 1 atom stereocenters. The van der Waals surface area contributed by atoms with Crippen LogP contribution in [0, 0.1) is 0 Å².